The summed E-state index contributed by atoms with van der Waals surface area (Å²) in [6.07, 6.45) is 2.88. The van der Waals surface area contributed by atoms with Crippen molar-refractivity contribution in [2.45, 2.75) is 6.92 Å². The first-order chi connectivity index (χ1) is 12.1. The Morgan fingerprint density at radius 3 is 2.68 bits per heavy atom. The zero-order chi connectivity index (χ0) is 17.8. The predicted molar refractivity (Wildman–Crippen MR) is 92.7 cm³/mol. The number of Topliss-reactive ketones (excluding diaryl/α,β-unsaturated/α-hetero) is 1. The van der Waals surface area contributed by atoms with Gasteiger partial charge in [-0.05, 0) is 31.2 Å². The molecule has 3 rings (SSSR count). The van der Waals surface area contributed by atoms with Crippen LogP contribution in [-0.2, 0) is 4.79 Å². The zero-order valence-corrected chi connectivity index (χ0v) is 13.3. The number of aromatic nitrogens is 1. The summed E-state index contributed by atoms with van der Waals surface area (Å²) < 4.78 is 5.61. The minimum absolute atomic E-state index is 0.0121. The van der Waals surface area contributed by atoms with Crippen molar-refractivity contribution in [3.05, 3.63) is 65.6 Å². The minimum Gasteiger partial charge on any atom is -0.456 e. The van der Waals surface area contributed by atoms with E-state index in [1.165, 1.54) is 19.2 Å². The standard InChI is InChI=1S/C19H13N3O3/c1-12(23)14(11-20)9-15-10-16-17(25-15)7-8-21-18(16)22-19(24)13-5-3-2-4-6-13/h2-10H,1H3,(H,21,22,24). The average Bonchev–Trinajstić information content (AvgIpc) is 3.04. The number of fused-ring (bicyclic) bond motifs is 1. The fourth-order valence-electron chi connectivity index (χ4n) is 2.28. The molecule has 1 aromatic carbocycles. The molecular weight excluding hydrogens is 318 g/mol. The zero-order valence-electron chi connectivity index (χ0n) is 13.3. The highest BCUT2D eigenvalue weighted by Crippen LogP contribution is 2.26. The molecule has 0 bridgehead atoms. The topological polar surface area (TPSA) is 96.0 Å². The number of furan rings is 1. The van der Waals surface area contributed by atoms with Gasteiger partial charge in [0.1, 0.15) is 23.2 Å². The van der Waals surface area contributed by atoms with Gasteiger partial charge in [0.15, 0.2) is 5.78 Å². The Labute approximate surface area is 143 Å². The number of carbonyl (C=O) groups excluding carboxylic acids is 2. The highest BCUT2D eigenvalue weighted by Gasteiger charge is 2.13. The first kappa shape index (κ1) is 16.1. The van der Waals surface area contributed by atoms with E-state index in [4.69, 9.17) is 9.68 Å². The van der Waals surface area contributed by atoms with Gasteiger partial charge in [0.05, 0.1) is 11.0 Å². The fraction of sp³-hybridized carbons (Fsp3) is 0.0526. The second-order valence-corrected chi connectivity index (χ2v) is 5.27. The van der Waals surface area contributed by atoms with Crippen LogP contribution in [0.1, 0.15) is 23.0 Å². The van der Waals surface area contributed by atoms with Gasteiger partial charge in [-0.3, -0.25) is 9.59 Å². The van der Waals surface area contributed by atoms with Gasteiger partial charge in [0.2, 0.25) is 0 Å². The summed E-state index contributed by atoms with van der Waals surface area (Å²) in [4.78, 5) is 27.8. The van der Waals surface area contributed by atoms with E-state index in [9.17, 15) is 9.59 Å². The molecule has 0 saturated heterocycles. The third kappa shape index (κ3) is 3.46. The largest absolute Gasteiger partial charge is 0.456 e. The smallest absolute Gasteiger partial charge is 0.256 e. The molecule has 2 aromatic heterocycles. The Hall–Kier alpha value is -3.72. The highest BCUT2D eigenvalue weighted by molar-refractivity contribution is 6.08. The van der Waals surface area contributed by atoms with Crippen LogP contribution in [0.5, 0.6) is 0 Å². The van der Waals surface area contributed by atoms with E-state index < -0.39 is 0 Å². The molecule has 3 aromatic rings. The number of amides is 1. The molecule has 2 heterocycles. The summed E-state index contributed by atoms with van der Waals surface area (Å²) in [5.74, 6) is 0.0417. The second-order valence-electron chi connectivity index (χ2n) is 5.27. The van der Waals surface area contributed by atoms with Crippen molar-refractivity contribution in [3.63, 3.8) is 0 Å². The molecule has 0 unspecified atom stereocenters. The van der Waals surface area contributed by atoms with E-state index >= 15 is 0 Å². The number of carbonyl (C=O) groups is 2. The molecule has 0 aliphatic heterocycles. The fourth-order valence-corrected chi connectivity index (χ4v) is 2.28. The molecule has 6 nitrogen and oxygen atoms in total. The molecule has 0 atom stereocenters. The second kappa shape index (κ2) is 6.81. The molecular formula is C19H13N3O3. The highest BCUT2D eigenvalue weighted by atomic mass is 16.3. The number of nitriles is 1. The molecule has 0 saturated carbocycles. The maximum Gasteiger partial charge on any atom is 0.256 e. The summed E-state index contributed by atoms with van der Waals surface area (Å²) in [5, 5.41) is 12.3. The van der Waals surface area contributed by atoms with Crippen LogP contribution in [0, 0.1) is 11.3 Å². The lowest BCUT2D eigenvalue weighted by Gasteiger charge is -2.04. The summed E-state index contributed by atoms with van der Waals surface area (Å²) in [7, 11) is 0. The van der Waals surface area contributed by atoms with Crippen molar-refractivity contribution in [2.75, 3.05) is 5.32 Å². The number of hydrogen-bond acceptors (Lipinski definition) is 5. The maximum absolute atomic E-state index is 12.3. The van der Waals surface area contributed by atoms with Crippen molar-refractivity contribution in [1.82, 2.24) is 4.98 Å². The van der Waals surface area contributed by atoms with Gasteiger partial charge in [-0.25, -0.2) is 4.98 Å². The molecule has 1 N–H and O–H groups in total. The lowest BCUT2D eigenvalue weighted by atomic mass is 10.1. The number of hydrogen-bond donors (Lipinski definition) is 1. The Morgan fingerprint density at radius 2 is 2.00 bits per heavy atom. The number of rotatable bonds is 4. The van der Waals surface area contributed by atoms with Crippen molar-refractivity contribution >= 4 is 34.6 Å². The Bertz CT molecular complexity index is 1030. The molecule has 1 amide bonds. The van der Waals surface area contributed by atoms with E-state index in [1.807, 2.05) is 12.1 Å². The predicted octanol–water partition coefficient (Wildman–Crippen LogP) is 3.58. The lowest BCUT2D eigenvalue weighted by molar-refractivity contribution is -0.113. The van der Waals surface area contributed by atoms with Crippen molar-refractivity contribution in [1.29, 1.82) is 5.26 Å². The molecule has 25 heavy (non-hydrogen) atoms. The normalized spacial score (nSPS) is 11.1. The number of allylic oxidation sites excluding steroid dienone is 1. The molecule has 0 fully saturated rings. The molecule has 0 spiro atoms. The number of nitrogens with zero attached hydrogens (tertiary/aromatic N) is 2. The van der Waals surface area contributed by atoms with Crippen molar-refractivity contribution < 1.29 is 14.0 Å². The number of ketones is 1. The van der Waals surface area contributed by atoms with Gasteiger partial charge in [0, 0.05) is 17.8 Å². The number of nitrogens with one attached hydrogen (secondary N) is 1. The Kier molecular flexibility index (Phi) is 4.40. The van der Waals surface area contributed by atoms with Crippen LogP contribution in [0.25, 0.3) is 17.0 Å². The number of pyridine rings is 1. The van der Waals surface area contributed by atoms with Crippen LogP contribution in [-0.4, -0.2) is 16.7 Å². The van der Waals surface area contributed by atoms with Gasteiger partial charge >= 0.3 is 0 Å². The van der Waals surface area contributed by atoms with E-state index in [0.29, 0.717) is 28.1 Å². The van der Waals surface area contributed by atoms with Gasteiger partial charge in [-0.2, -0.15) is 5.26 Å². The minimum atomic E-state index is -0.348. The molecule has 0 aliphatic rings. The van der Waals surface area contributed by atoms with Crippen molar-refractivity contribution in [2.24, 2.45) is 0 Å². The lowest BCUT2D eigenvalue weighted by Crippen LogP contribution is -2.12. The molecule has 0 aliphatic carbocycles. The summed E-state index contributed by atoms with van der Waals surface area (Å²) in [6.45, 7) is 1.31. The third-order valence-corrected chi connectivity index (χ3v) is 3.52. The van der Waals surface area contributed by atoms with Crippen molar-refractivity contribution in [3.8, 4) is 6.07 Å². The maximum atomic E-state index is 12.3. The number of benzene rings is 1. The first-order valence-corrected chi connectivity index (χ1v) is 7.46. The monoisotopic (exact) mass is 331 g/mol. The third-order valence-electron chi connectivity index (χ3n) is 3.52. The van der Waals surface area contributed by atoms with E-state index in [1.54, 1.807) is 36.4 Å². The van der Waals surface area contributed by atoms with Gasteiger partial charge in [-0.1, -0.05) is 18.2 Å². The van der Waals surface area contributed by atoms with Gasteiger partial charge in [0.25, 0.3) is 5.91 Å². The van der Waals surface area contributed by atoms with Crippen LogP contribution in [0.4, 0.5) is 5.82 Å². The van der Waals surface area contributed by atoms with Gasteiger partial charge in [-0.15, -0.1) is 0 Å². The summed E-state index contributed by atoms with van der Waals surface area (Å²) in [6, 6.07) is 13.9. The van der Waals surface area contributed by atoms with Crippen LogP contribution in [0.2, 0.25) is 0 Å². The average molecular weight is 331 g/mol. The SMILES string of the molecule is CC(=O)C(C#N)=Cc1cc2c(NC(=O)c3ccccc3)nccc2o1. The quantitative estimate of drug-likeness (QED) is 0.582. The van der Waals surface area contributed by atoms with E-state index in [0.717, 1.165) is 0 Å². The van der Waals surface area contributed by atoms with Crippen LogP contribution >= 0.6 is 0 Å². The Morgan fingerprint density at radius 1 is 1.24 bits per heavy atom. The van der Waals surface area contributed by atoms with Gasteiger partial charge < -0.3 is 9.73 Å². The van der Waals surface area contributed by atoms with E-state index in [-0.39, 0.29) is 17.3 Å². The summed E-state index contributed by atoms with van der Waals surface area (Å²) in [5.41, 5.74) is 0.987. The molecule has 6 heteroatoms. The van der Waals surface area contributed by atoms with E-state index in [2.05, 4.69) is 10.3 Å². The molecule has 122 valence electrons. The summed E-state index contributed by atoms with van der Waals surface area (Å²) >= 11 is 0. The number of anilines is 1. The Balaban J connectivity index is 1.97. The molecule has 0 radical (unpaired) electrons. The first-order valence-electron chi connectivity index (χ1n) is 7.46. The van der Waals surface area contributed by atoms with Crippen LogP contribution in [0.3, 0.4) is 0 Å². The van der Waals surface area contributed by atoms with Crippen LogP contribution in [0.15, 0.2) is 58.7 Å². The van der Waals surface area contributed by atoms with Crippen LogP contribution < -0.4 is 5.32 Å².